The summed E-state index contributed by atoms with van der Waals surface area (Å²) < 4.78 is 5.46. The summed E-state index contributed by atoms with van der Waals surface area (Å²) in [4.78, 5) is 19.2. The van der Waals surface area contributed by atoms with Gasteiger partial charge in [0.25, 0.3) is 5.56 Å². The molecule has 0 radical (unpaired) electrons. The van der Waals surface area contributed by atoms with Crippen LogP contribution in [0.3, 0.4) is 0 Å². The van der Waals surface area contributed by atoms with E-state index in [1.54, 1.807) is 13.2 Å². The molecule has 0 unspecified atom stereocenters. The first-order chi connectivity index (χ1) is 12.2. The van der Waals surface area contributed by atoms with E-state index in [9.17, 15) is 10.1 Å². The van der Waals surface area contributed by atoms with Gasteiger partial charge in [-0.3, -0.25) is 4.79 Å². The standard InChI is InChI=1S/C19H15N3O2S/c1-24-16-9-8-13(10-14(16)12-6-4-3-5-7-12)17-15(11-20)18(23)22-19(21-17)25-2/h3-10H,1-2H3,(H,21,22,23). The van der Waals surface area contributed by atoms with E-state index in [4.69, 9.17) is 4.74 Å². The van der Waals surface area contributed by atoms with Gasteiger partial charge in [0.1, 0.15) is 17.4 Å². The summed E-state index contributed by atoms with van der Waals surface area (Å²) in [5, 5.41) is 9.84. The summed E-state index contributed by atoms with van der Waals surface area (Å²) in [5.74, 6) is 0.711. The Morgan fingerprint density at radius 3 is 2.56 bits per heavy atom. The zero-order valence-corrected chi connectivity index (χ0v) is 14.6. The maximum Gasteiger partial charge on any atom is 0.270 e. The van der Waals surface area contributed by atoms with Gasteiger partial charge in [-0.15, -0.1) is 0 Å². The molecule has 1 aromatic heterocycles. The Hall–Kier alpha value is -3.04. The maximum absolute atomic E-state index is 12.1. The van der Waals surface area contributed by atoms with Crippen LogP contribution in [0.1, 0.15) is 5.56 Å². The van der Waals surface area contributed by atoms with Crippen LogP contribution in [0, 0.1) is 11.3 Å². The van der Waals surface area contributed by atoms with Gasteiger partial charge in [-0.2, -0.15) is 5.26 Å². The first-order valence-corrected chi connectivity index (χ1v) is 8.72. The highest BCUT2D eigenvalue weighted by molar-refractivity contribution is 7.98. The normalized spacial score (nSPS) is 10.3. The number of rotatable bonds is 4. The molecule has 6 heteroatoms. The molecular formula is C19H15N3O2S. The third-order valence-electron chi connectivity index (χ3n) is 3.76. The van der Waals surface area contributed by atoms with Crippen molar-refractivity contribution in [1.82, 2.24) is 9.97 Å². The van der Waals surface area contributed by atoms with E-state index in [0.29, 0.717) is 22.2 Å². The molecule has 0 saturated carbocycles. The van der Waals surface area contributed by atoms with Gasteiger partial charge in [0.15, 0.2) is 5.16 Å². The highest BCUT2D eigenvalue weighted by Gasteiger charge is 2.15. The van der Waals surface area contributed by atoms with E-state index in [1.165, 1.54) is 11.8 Å². The number of nitrogens with zero attached hydrogens (tertiary/aromatic N) is 2. The van der Waals surface area contributed by atoms with Gasteiger partial charge in [-0.1, -0.05) is 42.1 Å². The van der Waals surface area contributed by atoms with E-state index in [0.717, 1.165) is 11.1 Å². The lowest BCUT2D eigenvalue weighted by atomic mass is 9.99. The highest BCUT2D eigenvalue weighted by Crippen LogP contribution is 2.34. The third-order valence-corrected chi connectivity index (χ3v) is 4.34. The predicted octanol–water partition coefficient (Wildman–Crippen LogP) is 3.71. The molecule has 1 heterocycles. The van der Waals surface area contributed by atoms with Crippen LogP contribution < -0.4 is 10.3 Å². The first-order valence-electron chi connectivity index (χ1n) is 7.50. The molecule has 3 aromatic rings. The number of hydrogen-bond acceptors (Lipinski definition) is 5. The van der Waals surface area contributed by atoms with E-state index < -0.39 is 5.56 Å². The van der Waals surface area contributed by atoms with Crippen molar-refractivity contribution in [2.45, 2.75) is 5.16 Å². The summed E-state index contributed by atoms with van der Waals surface area (Å²) in [7, 11) is 1.61. The number of thioether (sulfide) groups is 1. The number of nitrogens with one attached hydrogen (secondary N) is 1. The number of benzene rings is 2. The van der Waals surface area contributed by atoms with Crippen molar-refractivity contribution >= 4 is 11.8 Å². The van der Waals surface area contributed by atoms with Crippen LogP contribution in [0.2, 0.25) is 0 Å². The van der Waals surface area contributed by atoms with E-state index in [-0.39, 0.29) is 5.56 Å². The van der Waals surface area contributed by atoms with Crippen LogP contribution in [-0.2, 0) is 0 Å². The fourth-order valence-corrected chi connectivity index (χ4v) is 2.94. The van der Waals surface area contributed by atoms with Gasteiger partial charge >= 0.3 is 0 Å². The fourth-order valence-electron chi connectivity index (χ4n) is 2.56. The Labute approximate surface area is 149 Å². The molecule has 0 spiro atoms. The molecule has 0 fully saturated rings. The quantitative estimate of drug-likeness (QED) is 0.574. The van der Waals surface area contributed by atoms with Gasteiger partial charge in [-0.25, -0.2) is 4.98 Å². The SMILES string of the molecule is COc1ccc(-c2nc(SC)[nH]c(=O)c2C#N)cc1-c1ccccc1. The van der Waals surface area contributed by atoms with Crippen LogP contribution in [0.15, 0.2) is 58.5 Å². The Morgan fingerprint density at radius 1 is 1.16 bits per heavy atom. The average molecular weight is 349 g/mol. The molecule has 0 saturated heterocycles. The van der Waals surface area contributed by atoms with Crippen molar-refractivity contribution in [3.05, 3.63) is 64.4 Å². The van der Waals surface area contributed by atoms with Gasteiger partial charge in [0.2, 0.25) is 0 Å². The molecule has 0 aliphatic rings. The Morgan fingerprint density at radius 2 is 1.92 bits per heavy atom. The maximum atomic E-state index is 12.1. The monoisotopic (exact) mass is 349 g/mol. The van der Waals surface area contributed by atoms with Crippen LogP contribution in [-0.4, -0.2) is 23.3 Å². The Kier molecular flexibility index (Phi) is 4.87. The van der Waals surface area contributed by atoms with Crippen LogP contribution in [0.25, 0.3) is 22.4 Å². The lowest BCUT2D eigenvalue weighted by Gasteiger charge is -2.12. The van der Waals surface area contributed by atoms with Gasteiger partial charge in [0, 0.05) is 11.1 Å². The molecule has 3 rings (SSSR count). The molecule has 0 amide bonds. The van der Waals surface area contributed by atoms with Crippen LogP contribution in [0.5, 0.6) is 5.75 Å². The van der Waals surface area contributed by atoms with Gasteiger partial charge in [-0.05, 0) is 30.0 Å². The molecule has 124 valence electrons. The number of nitriles is 1. The third kappa shape index (κ3) is 3.28. The van der Waals surface area contributed by atoms with E-state index in [1.807, 2.05) is 54.8 Å². The molecule has 0 aliphatic carbocycles. The largest absolute Gasteiger partial charge is 0.496 e. The second kappa shape index (κ2) is 7.24. The molecular weight excluding hydrogens is 334 g/mol. The van der Waals surface area contributed by atoms with Crippen molar-refractivity contribution < 1.29 is 4.74 Å². The van der Waals surface area contributed by atoms with Crippen molar-refractivity contribution in [3.63, 3.8) is 0 Å². The van der Waals surface area contributed by atoms with Gasteiger partial charge in [0.05, 0.1) is 12.8 Å². The zero-order chi connectivity index (χ0) is 17.8. The van der Waals surface area contributed by atoms with E-state index in [2.05, 4.69) is 9.97 Å². The van der Waals surface area contributed by atoms with Crippen molar-refractivity contribution in [1.29, 1.82) is 5.26 Å². The summed E-state index contributed by atoms with van der Waals surface area (Å²) in [6, 6.07) is 17.3. The number of hydrogen-bond donors (Lipinski definition) is 1. The second-order valence-electron chi connectivity index (χ2n) is 5.19. The van der Waals surface area contributed by atoms with Crippen molar-refractivity contribution in [2.75, 3.05) is 13.4 Å². The summed E-state index contributed by atoms with van der Waals surface area (Å²) in [6.07, 6.45) is 1.82. The van der Waals surface area contributed by atoms with Gasteiger partial charge < -0.3 is 9.72 Å². The van der Waals surface area contributed by atoms with Crippen molar-refractivity contribution in [2.24, 2.45) is 0 Å². The summed E-state index contributed by atoms with van der Waals surface area (Å²) in [5.41, 5.74) is 2.48. The minimum absolute atomic E-state index is 0.00183. The second-order valence-corrected chi connectivity index (χ2v) is 5.99. The van der Waals surface area contributed by atoms with Crippen molar-refractivity contribution in [3.8, 4) is 34.2 Å². The minimum atomic E-state index is -0.436. The molecule has 0 atom stereocenters. The number of aromatic amines is 1. The lowest BCUT2D eigenvalue weighted by Crippen LogP contribution is -2.14. The number of aromatic nitrogens is 2. The molecule has 25 heavy (non-hydrogen) atoms. The van der Waals surface area contributed by atoms with Crippen LogP contribution >= 0.6 is 11.8 Å². The number of H-pyrrole nitrogens is 1. The van der Waals surface area contributed by atoms with Crippen LogP contribution in [0.4, 0.5) is 0 Å². The Balaban J connectivity index is 2.25. The van der Waals surface area contributed by atoms with E-state index >= 15 is 0 Å². The molecule has 2 aromatic carbocycles. The number of ether oxygens (including phenoxy) is 1. The first kappa shape index (κ1) is 16.8. The highest BCUT2D eigenvalue weighted by atomic mass is 32.2. The predicted molar refractivity (Wildman–Crippen MR) is 98.8 cm³/mol. The fraction of sp³-hybridized carbons (Fsp3) is 0.105. The summed E-state index contributed by atoms with van der Waals surface area (Å²) >= 11 is 1.32. The summed E-state index contributed by atoms with van der Waals surface area (Å²) in [6.45, 7) is 0. The number of methoxy groups -OCH3 is 1. The minimum Gasteiger partial charge on any atom is -0.496 e. The zero-order valence-electron chi connectivity index (χ0n) is 13.7. The molecule has 1 N–H and O–H groups in total. The topological polar surface area (TPSA) is 78.8 Å². The Bertz CT molecular complexity index is 1010. The molecule has 0 bridgehead atoms. The molecule has 5 nitrogen and oxygen atoms in total. The smallest absolute Gasteiger partial charge is 0.270 e. The lowest BCUT2D eigenvalue weighted by molar-refractivity contribution is 0.416. The average Bonchev–Trinajstić information content (AvgIpc) is 2.67. The molecule has 0 aliphatic heterocycles.